The van der Waals surface area contributed by atoms with E-state index in [0.717, 1.165) is 45.0 Å². The zero-order valence-electron chi connectivity index (χ0n) is 32.8. The van der Waals surface area contributed by atoms with Crippen LogP contribution in [0, 0.1) is 0 Å². The molecule has 1 aliphatic carbocycles. The lowest BCUT2D eigenvalue weighted by atomic mass is 9.79. The van der Waals surface area contributed by atoms with Crippen molar-refractivity contribution >= 4 is 0 Å². The first-order valence-corrected chi connectivity index (χ1v) is 19.4. The van der Waals surface area contributed by atoms with Gasteiger partial charge in [-0.15, -0.1) is 0 Å². The lowest BCUT2D eigenvalue weighted by molar-refractivity contribution is 0.590. The molecule has 0 aliphatic heterocycles. The van der Waals surface area contributed by atoms with Crippen LogP contribution in [0.5, 0.6) is 0 Å². The normalized spacial score (nSPS) is 12.1. The molecule has 56 heavy (non-hydrogen) atoms. The molecule has 0 saturated carbocycles. The van der Waals surface area contributed by atoms with Crippen molar-refractivity contribution in [3.8, 4) is 89.5 Å². The molecule has 272 valence electrons. The van der Waals surface area contributed by atoms with Gasteiger partial charge in [0.05, 0.1) is 0 Å². The van der Waals surface area contributed by atoms with E-state index in [1.807, 2.05) is 24.8 Å². The van der Waals surface area contributed by atoms with E-state index in [9.17, 15) is 0 Å². The number of nitrogens with zero attached hydrogens (tertiary/aromatic N) is 4. The summed E-state index contributed by atoms with van der Waals surface area (Å²) < 4.78 is 0. The van der Waals surface area contributed by atoms with Gasteiger partial charge in [-0.2, -0.15) is 0 Å². The Kier molecular flexibility index (Phi) is 8.58. The molecule has 0 bridgehead atoms. The average molecular weight is 725 g/mol. The SMILES string of the molecule is CC(C)(C)c1ccc(-c2ncc(-c3ccc4c(c3)-c3ccccc3-c3ccccc3-c3cc(-c5cnc(-c6ccc(C(C)(C)C)cc6)nc5)ccc3-4)cn2)cc1. The zero-order chi connectivity index (χ0) is 38.6. The molecule has 6 aromatic carbocycles. The monoisotopic (exact) mass is 724 g/mol. The molecule has 1 aliphatic rings. The predicted octanol–water partition coefficient (Wildman–Crippen LogP) is 13.5. The van der Waals surface area contributed by atoms with E-state index in [1.54, 1.807) is 0 Å². The van der Waals surface area contributed by atoms with Crippen molar-refractivity contribution in [1.29, 1.82) is 0 Å². The molecular weight excluding hydrogens is 681 g/mol. The topological polar surface area (TPSA) is 51.6 Å². The van der Waals surface area contributed by atoms with Gasteiger partial charge in [0.15, 0.2) is 11.6 Å². The van der Waals surface area contributed by atoms with Crippen LogP contribution >= 0.6 is 0 Å². The Hall–Kier alpha value is -6.52. The van der Waals surface area contributed by atoms with Crippen LogP contribution in [-0.2, 0) is 10.8 Å². The summed E-state index contributed by atoms with van der Waals surface area (Å²) in [6.07, 6.45) is 7.78. The maximum atomic E-state index is 4.82. The molecule has 9 rings (SSSR count). The van der Waals surface area contributed by atoms with E-state index in [-0.39, 0.29) is 10.8 Å². The maximum Gasteiger partial charge on any atom is 0.159 e. The molecule has 2 heterocycles. The number of aromatic nitrogens is 4. The van der Waals surface area contributed by atoms with Crippen molar-refractivity contribution in [1.82, 2.24) is 19.9 Å². The van der Waals surface area contributed by atoms with E-state index in [0.29, 0.717) is 0 Å². The first kappa shape index (κ1) is 35.2. The molecule has 0 amide bonds. The van der Waals surface area contributed by atoms with Crippen LogP contribution < -0.4 is 0 Å². The number of rotatable bonds is 4. The number of hydrogen-bond acceptors (Lipinski definition) is 4. The number of benzene rings is 6. The molecule has 0 radical (unpaired) electrons. The first-order chi connectivity index (χ1) is 27.0. The second-order valence-corrected chi connectivity index (χ2v) is 16.9. The van der Waals surface area contributed by atoms with Crippen LogP contribution in [0.15, 0.2) is 158 Å². The third-order valence-corrected chi connectivity index (χ3v) is 11.0. The highest BCUT2D eigenvalue weighted by Gasteiger charge is 2.23. The molecule has 2 aromatic heterocycles. The number of hydrogen-bond donors (Lipinski definition) is 0. The van der Waals surface area contributed by atoms with Crippen molar-refractivity contribution in [2.75, 3.05) is 0 Å². The second-order valence-electron chi connectivity index (χ2n) is 16.9. The highest BCUT2D eigenvalue weighted by molar-refractivity contribution is 6.04. The summed E-state index contributed by atoms with van der Waals surface area (Å²) in [4.78, 5) is 19.3. The van der Waals surface area contributed by atoms with E-state index < -0.39 is 0 Å². The van der Waals surface area contributed by atoms with Crippen molar-refractivity contribution in [2.24, 2.45) is 0 Å². The third kappa shape index (κ3) is 6.51. The Morgan fingerprint density at radius 3 is 0.893 bits per heavy atom. The van der Waals surface area contributed by atoms with Crippen LogP contribution in [0.1, 0.15) is 52.7 Å². The van der Waals surface area contributed by atoms with E-state index in [1.165, 1.54) is 55.6 Å². The largest absolute Gasteiger partial charge is 0.236 e. The first-order valence-electron chi connectivity index (χ1n) is 19.4. The minimum absolute atomic E-state index is 0.0958. The number of fused-ring (bicyclic) bond motifs is 8. The summed E-state index contributed by atoms with van der Waals surface area (Å²) in [6.45, 7) is 13.4. The van der Waals surface area contributed by atoms with Crippen molar-refractivity contribution in [3.05, 3.63) is 169 Å². The van der Waals surface area contributed by atoms with Gasteiger partial charge in [0.2, 0.25) is 0 Å². The fraction of sp³-hybridized carbons (Fsp3) is 0.154. The molecule has 0 unspecified atom stereocenters. The van der Waals surface area contributed by atoms with Crippen LogP contribution in [0.25, 0.3) is 89.5 Å². The molecule has 0 atom stereocenters. The van der Waals surface area contributed by atoms with Gasteiger partial charge in [0, 0.05) is 47.0 Å². The smallest absolute Gasteiger partial charge is 0.159 e. The van der Waals surface area contributed by atoms with Crippen LogP contribution in [0.2, 0.25) is 0 Å². The Morgan fingerprint density at radius 2 is 0.571 bits per heavy atom. The van der Waals surface area contributed by atoms with Gasteiger partial charge < -0.3 is 0 Å². The van der Waals surface area contributed by atoms with Gasteiger partial charge in [-0.3, -0.25) is 0 Å². The second kappa shape index (κ2) is 13.6. The van der Waals surface area contributed by atoms with E-state index >= 15 is 0 Å². The van der Waals surface area contributed by atoms with Gasteiger partial charge in [0.1, 0.15) is 0 Å². The molecule has 0 N–H and O–H groups in total. The van der Waals surface area contributed by atoms with Crippen LogP contribution in [-0.4, -0.2) is 19.9 Å². The Bertz CT molecular complexity index is 2520. The van der Waals surface area contributed by atoms with Crippen molar-refractivity contribution < 1.29 is 0 Å². The summed E-state index contributed by atoms with van der Waals surface area (Å²) in [6, 6.07) is 48.2. The standard InChI is InChI=1S/C52H44N4/c1-51(2,3)39-21-15-33(16-22-39)49-53-29-37(30-54-49)35-19-25-45-46-26-20-36(38-31-55-50(56-32-38)34-17-23-40(24-18-34)52(4,5)6)28-48(46)44-14-10-8-12-42(44)41-11-7-9-13-43(41)47(45)27-35/h7-32H,1-6H3. The highest BCUT2D eigenvalue weighted by atomic mass is 14.9. The summed E-state index contributed by atoms with van der Waals surface area (Å²) in [7, 11) is 0. The predicted molar refractivity (Wildman–Crippen MR) is 232 cm³/mol. The van der Waals surface area contributed by atoms with Crippen LogP contribution in [0.4, 0.5) is 0 Å². The molecule has 0 fully saturated rings. The van der Waals surface area contributed by atoms with Crippen molar-refractivity contribution in [2.45, 2.75) is 52.4 Å². The maximum absolute atomic E-state index is 4.82. The highest BCUT2D eigenvalue weighted by Crippen LogP contribution is 2.49. The van der Waals surface area contributed by atoms with E-state index in [4.69, 9.17) is 19.9 Å². The lowest BCUT2D eigenvalue weighted by Crippen LogP contribution is -2.10. The van der Waals surface area contributed by atoms with Gasteiger partial charge in [0.25, 0.3) is 0 Å². The zero-order valence-corrected chi connectivity index (χ0v) is 32.8. The third-order valence-electron chi connectivity index (χ3n) is 11.0. The van der Waals surface area contributed by atoms with Gasteiger partial charge in [-0.1, -0.05) is 163 Å². The molecule has 8 aromatic rings. The van der Waals surface area contributed by atoms with Crippen molar-refractivity contribution in [3.63, 3.8) is 0 Å². The van der Waals surface area contributed by atoms with Gasteiger partial charge in [-0.05, 0) is 89.7 Å². The Morgan fingerprint density at radius 1 is 0.286 bits per heavy atom. The molecule has 4 heteroatoms. The fourth-order valence-electron chi connectivity index (χ4n) is 7.76. The van der Waals surface area contributed by atoms with Gasteiger partial charge >= 0.3 is 0 Å². The molecule has 0 spiro atoms. The van der Waals surface area contributed by atoms with Gasteiger partial charge in [-0.25, -0.2) is 19.9 Å². The molecule has 4 nitrogen and oxygen atoms in total. The average Bonchev–Trinajstić information content (AvgIpc) is 3.22. The molecular formula is C52H44N4. The summed E-state index contributed by atoms with van der Waals surface area (Å²) >= 11 is 0. The quantitative estimate of drug-likeness (QED) is 0.181. The minimum Gasteiger partial charge on any atom is -0.236 e. The lowest BCUT2D eigenvalue weighted by Gasteiger charge is -2.24. The van der Waals surface area contributed by atoms with E-state index in [2.05, 4.69) is 175 Å². The summed E-state index contributed by atoms with van der Waals surface area (Å²) in [5, 5.41) is 0. The summed E-state index contributed by atoms with van der Waals surface area (Å²) in [5.41, 5.74) is 18.4. The van der Waals surface area contributed by atoms with Crippen LogP contribution in [0.3, 0.4) is 0 Å². The Balaban J connectivity index is 1.11. The fourth-order valence-corrected chi connectivity index (χ4v) is 7.76. The summed E-state index contributed by atoms with van der Waals surface area (Å²) in [5.74, 6) is 1.45. The molecule has 0 saturated heterocycles. The Labute approximate surface area is 330 Å². The minimum atomic E-state index is 0.0958.